The van der Waals surface area contributed by atoms with E-state index in [2.05, 4.69) is 21.2 Å². The Balaban J connectivity index is 2.00. The number of hydrogen-bond acceptors (Lipinski definition) is 5. The van der Waals surface area contributed by atoms with E-state index in [0.717, 1.165) is 25.3 Å². The lowest BCUT2D eigenvalue weighted by atomic mass is 10.1. The highest BCUT2D eigenvalue weighted by Crippen LogP contribution is 2.17. The topological polar surface area (TPSA) is 58.5 Å². The van der Waals surface area contributed by atoms with Crippen molar-refractivity contribution in [1.29, 1.82) is 0 Å². The molecule has 1 aliphatic heterocycles. The van der Waals surface area contributed by atoms with Crippen LogP contribution in [-0.4, -0.2) is 42.1 Å². The molecule has 1 aliphatic rings. The van der Waals surface area contributed by atoms with Crippen LogP contribution in [0.2, 0.25) is 0 Å². The summed E-state index contributed by atoms with van der Waals surface area (Å²) in [6, 6.07) is 3.70. The van der Waals surface area contributed by atoms with Crippen LogP contribution >= 0.6 is 0 Å². The maximum Gasteiger partial charge on any atom is 0.151 e. The first-order valence-corrected chi connectivity index (χ1v) is 5.68. The summed E-state index contributed by atoms with van der Waals surface area (Å²) in [5.41, 5.74) is 1.94. The van der Waals surface area contributed by atoms with Crippen LogP contribution in [-0.2, 0) is 11.3 Å². The van der Waals surface area contributed by atoms with Gasteiger partial charge in [-0.3, -0.25) is 0 Å². The first-order chi connectivity index (χ1) is 8.33. The van der Waals surface area contributed by atoms with Gasteiger partial charge in [-0.25, -0.2) is 0 Å². The molecule has 5 nitrogen and oxygen atoms in total. The molecule has 0 saturated heterocycles. The monoisotopic (exact) mass is 235 g/mol. The van der Waals surface area contributed by atoms with E-state index in [1.165, 1.54) is 5.57 Å². The molecule has 0 saturated carbocycles. The zero-order valence-electron chi connectivity index (χ0n) is 9.96. The molecular formula is C12H17N3O2. The van der Waals surface area contributed by atoms with Crippen molar-refractivity contribution in [2.75, 3.05) is 31.7 Å². The van der Waals surface area contributed by atoms with E-state index in [1.807, 2.05) is 6.07 Å². The number of nitrogens with zero attached hydrogens (tertiary/aromatic N) is 3. The zero-order chi connectivity index (χ0) is 12.1. The summed E-state index contributed by atoms with van der Waals surface area (Å²) in [6.07, 6.45) is 3.17. The summed E-state index contributed by atoms with van der Waals surface area (Å²) < 4.78 is 5.11. The highest BCUT2D eigenvalue weighted by atomic mass is 16.5. The normalized spacial score (nSPS) is 15.9. The Morgan fingerprint density at radius 3 is 2.82 bits per heavy atom. The van der Waals surface area contributed by atoms with Crippen molar-refractivity contribution in [2.45, 2.75) is 13.0 Å². The van der Waals surface area contributed by atoms with Gasteiger partial charge in [-0.2, -0.15) is 5.10 Å². The molecule has 0 bridgehead atoms. The van der Waals surface area contributed by atoms with Crippen LogP contribution in [0.5, 0.6) is 0 Å². The molecule has 0 spiro atoms. The molecule has 2 rings (SSSR count). The number of methoxy groups -OCH3 is 1. The van der Waals surface area contributed by atoms with Gasteiger partial charge in [0.1, 0.15) is 0 Å². The van der Waals surface area contributed by atoms with Gasteiger partial charge >= 0.3 is 0 Å². The van der Waals surface area contributed by atoms with E-state index in [9.17, 15) is 0 Å². The van der Waals surface area contributed by atoms with Crippen LogP contribution in [0.25, 0.3) is 0 Å². The van der Waals surface area contributed by atoms with E-state index in [-0.39, 0.29) is 6.61 Å². The number of aliphatic hydroxyl groups excluding tert-OH is 1. The highest BCUT2D eigenvalue weighted by molar-refractivity contribution is 5.40. The average molecular weight is 235 g/mol. The first kappa shape index (κ1) is 12.0. The summed E-state index contributed by atoms with van der Waals surface area (Å²) in [5.74, 6) is 0.856. The molecule has 1 aromatic heterocycles. The van der Waals surface area contributed by atoms with Gasteiger partial charge in [0.25, 0.3) is 0 Å². The molecule has 17 heavy (non-hydrogen) atoms. The third-order valence-electron chi connectivity index (χ3n) is 2.82. The van der Waals surface area contributed by atoms with Crippen molar-refractivity contribution in [3.05, 3.63) is 29.5 Å². The second kappa shape index (κ2) is 5.75. The minimum absolute atomic E-state index is 0.0643. The number of rotatable bonds is 4. The SMILES string of the molecule is COCC1=CCN(c2ccc(CO)nn2)CC1. The standard InChI is InChI=1S/C12H17N3O2/c1-17-9-10-4-6-15(7-5-10)12-3-2-11(8-16)13-14-12/h2-4,16H,5-9H2,1H3. The third kappa shape index (κ3) is 3.01. The summed E-state index contributed by atoms with van der Waals surface area (Å²) in [4.78, 5) is 2.16. The summed E-state index contributed by atoms with van der Waals surface area (Å²) in [7, 11) is 1.71. The number of hydrogen-bond donors (Lipinski definition) is 1. The second-order valence-corrected chi connectivity index (χ2v) is 4.03. The van der Waals surface area contributed by atoms with Crippen molar-refractivity contribution in [3.8, 4) is 0 Å². The van der Waals surface area contributed by atoms with E-state index in [1.54, 1.807) is 13.2 Å². The van der Waals surface area contributed by atoms with Crippen molar-refractivity contribution in [1.82, 2.24) is 10.2 Å². The molecule has 2 heterocycles. The summed E-state index contributed by atoms with van der Waals surface area (Å²) >= 11 is 0. The predicted octanol–water partition coefficient (Wildman–Crippen LogP) is 0.752. The molecule has 1 N–H and O–H groups in total. The number of ether oxygens (including phenoxy) is 1. The Morgan fingerprint density at radius 1 is 1.41 bits per heavy atom. The van der Waals surface area contributed by atoms with Crippen molar-refractivity contribution in [3.63, 3.8) is 0 Å². The van der Waals surface area contributed by atoms with Crippen molar-refractivity contribution >= 4 is 5.82 Å². The molecule has 0 radical (unpaired) electrons. The lowest BCUT2D eigenvalue weighted by Gasteiger charge is -2.26. The Kier molecular flexibility index (Phi) is 4.06. The van der Waals surface area contributed by atoms with Crippen LogP contribution in [0, 0.1) is 0 Å². The van der Waals surface area contributed by atoms with E-state index in [0.29, 0.717) is 12.3 Å². The van der Waals surface area contributed by atoms with Crippen LogP contribution in [0.3, 0.4) is 0 Å². The van der Waals surface area contributed by atoms with E-state index in [4.69, 9.17) is 9.84 Å². The largest absolute Gasteiger partial charge is 0.390 e. The Hall–Kier alpha value is -1.46. The molecule has 0 amide bonds. The molecule has 1 aromatic rings. The number of aliphatic hydroxyl groups is 1. The molecular weight excluding hydrogens is 218 g/mol. The van der Waals surface area contributed by atoms with Crippen molar-refractivity contribution < 1.29 is 9.84 Å². The minimum atomic E-state index is -0.0643. The van der Waals surface area contributed by atoms with Gasteiger partial charge in [-0.15, -0.1) is 5.10 Å². The molecule has 92 valence electrons. The third-order valence-corrected chi connectivity index (χ3v) is 2.82. The summed E-state index contributed by atoms with van der Waals surface area (Å²) in [6.45, 7) is 2.42. The lowest BCUT2D eigenvalue weighted by Crippen LogP contribution is -2.30. The molecule has 0 fully saturated rings. The molecule has 0 unspecified atom stereocenters. The first-order valence-electron chi connectivity index (χ1n) is 5.68. The van der Waals surface area contributed by atoms with Gasteiger partial charge in [-0.1, -0.05) is 6.08 Å². The van der Waals surface area contributed by atoms with Crippen LogP contribution in [0.15, 0.2) is 23.8 Å². The fourth-order valence-electron chi connectivity index (χ4n) is 1.84. The van der Waals surface area contributed by atoms with Gasteiger partial charge in [-0.05, 0) is 24.1 Å². The smallest absolute Gasteiger partial charge is 0.151 e. The van der Waals surface area contributed by atoms with Gasteiger partial charge < -0.3 is 14.7 Å². The van der Waals surface area contributed by atoms with Gasteiger partial charge in [0.05, 0.1) is 18.9 Å². The summed E-state index contributed by atoms with van der Waals surface area (Å²) in [5, 5.41) is 16.9. The molecule has 0 aromatic carbocycles. The van der Waals surface area contributed by atoms with Gasteiger partial charge in [0, 0.05) is 20.2 Å². The fraction of sp³-hybridized carbons (Fsp3) is 0.500. The average Bonchev–Trinajstić information content (AvgIpc) is 2.40. The zero-order valence-corrected chi connectivity index (χ0v) is 9.96. The lowest BCUT2D eigenvalue weighted by molar-refractivity contribution is 0.222. The molecule has 0 aliphatic carbocycles. The van der Waals surface area contributed by atoms with Gasteiger partial charge in [0.15, 0.2) is 5.82 Å². The fourth-order valence-corrected chi connectivity index (χ4v) is 1.84. The second-order valence-electron chi connectivity index (χ2n) is 4.03. The molecule has 0 atom stereocenters. The number of anilines is 1. The van der Waals surface area contributed by atoms with E-state index >= 15 is 0 Å². The predicted molar refractivity (Wildman–Crippen MR) is 64.7 cm³/mol. The van der Waals surface area contributed by atoms with E-state index < -0.39 is 0 Å². The number of aromatic nitrogens is 2. The minimum Gasteiger partial charge on any atom is -0.390 e. The van der Waals surface area contributed by atoms with Crippen LogP contribution in [0.4, 0.5) is 5.82 Å². The van der Waals surface area contributed by atoms with Gasteiger partial charge in [0.2, 0.25) is 0 Å². The Bertz CT molecular complexity index is 389. The van der Waals surface area contributed by atoms with Crippen LogP contribution < -0.4 is 4.90 Å². The van der Waals surface area contributed by atoms with Crippen LogP contribution in [0.1, 0.15) is 12.1 Å². The molecule has 5 heteroatoms. The maximum absolute atomic E-state index is 8.89. The Labute approximate surface area is 101 Å². The quantitative estimate of drug-likeness (QED) is 0.780. The Morgan fingerprint density at radius 2 is 2.29 bits per heavy atom. The maximum atomic E-state index is 8.89. The van der Waals surface area contributed by atoms with Crippen molar-refractivity contribution in [2.24, 2.45) is 0 Å². The highest BCUT2D eigenvalue weighted by Gasteiger charge is 2.13.